The maximum Gasteiger partial charge on any atom is 0.124 e. The second kappa shape index (κ2) is 4.53. The standard InChI is InChI=1S/C10H10FN/c1-12-7-3-5-9-4-2-6-10(11)8-9/h2,4,6,8,12H,7H2,1H3. The molecule has 1 aromatic rings. The van der Waals surface area contributed by atoms with E-state index in [1.807, 2.05) is 7.05 Å². The van der Waals surface area contributed by atoms with Crippen LogP contribution in [0.2, 0.25) is 0 Å². The van der Waals surface area contributed by atoms with E-state index in [0.29, 0.717) is 12.1 Å². The molecule has 0 radical (unpaired) electrons. The molecular formula is C10H10FN. The van der Waals surface area contributed by atoms with Gasteiger partial charge >= 0.3 is 0 Å². The van der Waals surface area contributed by atoms with Crippen LogP contribution in [0.5, 0.6) is 0 Å². The smallest absolute Gasteiger partial charge is 0.124 e. The van der Waals surface area contributed by atoms with Gasteiger partial charge in [-0.1, -0.05) is 17.9 Å². The molecule has 2 heteroatoms. The summed E-state index contributed by atoms with van der Waals surface area (Å²) in [5, 5.41) is 2.89. The Kier molecular flexibility index (Phi) is 3.31. The van der Waals surface area contributed by atoms with Crippen molar-refractivity contribution in [2.75, 3.05) is 13.6 Å². The molecule has 0 aromatic heterocycles. The van der Waals surface area contributed by atoms with Gasteiger partial charge in [-0.2, -0.15) is 0 Å². The minimum atomic E-state index is -0.244. The molecule has 1 nitrogen and oxygen atoms in total. The van der Waals surface area contributed by atoms with E-state index in [1.165, 1.54) is 12.1 Å². The first kappa shape index (κ1) is 8.76. The third-order valence-corrected chi connectivity index (χ3v) is 1.32. The lowest BCUT2D eigenvalue weighted by atomic mass is 10.2. The van der Waals surface area contributed by atoms with Crippen molar-refractivity contribution in [3.05, 3.63) is 35.6 Å². The Morgan fingerprint density at radius 2 is 2.33 bits per heavy atom. The summed E-state index contributed by atoms with van der Waals surface area (Å²) in [4.78, 5) is 0. The maximum atomic E-state index is 12.6. The van der Waals surface area contributed by atoms with Crippen molar-refractivity contribution in [3.8, 4) is 11.8 Å². The maximum absolute atomic E-state index is 12.6. The van der Waals surface area contributed by atoms with Gasteiger partial charge in [-0.3, -0.25) is 0 Å². The van der Waals surface area contributed by atoms with Crippen LogP contribution >= 0.6 is 0 Å². The molecule has 0 aliphatic rings. The summed E-state index contributed by atoms with van der Waals surface area (Å²) < 4.78 is 12.6. The molecule has 0 unspecified atom stereocenters. The fourth-order valence-corrected chi connectivity index (χ4v) is 0.801. The predicted octanol–water partition coefficient (Wildman–Crippen LogP) is 1.40. The highest BCUT2D eigenvalue weighted by atomic mass is 19.1. The molecule has 0 heterocycles. The monoisotopic (exact) mass is 163 g/mol. The number of rotatable bonds is 1. The highest BCUT2D eigenvalue weighted by molar-refractivity contribution is 5.34. The van der Waals surface area contributed by atoms with Crippen LogP contribution in [-0.2, 0) is 0 Å². The van der Waals surface area contributed by atoms with Crippen molar-refractivity contribution < 1.29 is 4.39 Å². The summed E-state index contributed by atoms with van der Waals surface area (Å²) in [6, 6.07) is 6.26. The van der Waals surface area contributed by atoms with Crippen LogP contribution in [-0.4, -0.2) is 13.6 Å². The van der Waals surface area contributed by atoms with Crippen LogP contribution in [0.25, 0.3) is 0 Å². The Hall–Kier alpha value is -1.33. The van der Waals surface area contributed by atoms with Crippen molar-refractivity contribution in [3.63, 3.8) is 0 Å². The van der Waals surface area contributed by atoms with Crippen LogP contribution in [0.4, 0.5) is 4.39 Å². The molecule has 0 fully saturated rings. The van der Waals surface area contributed by atoms with Crippen LogP contribution in [0.15, 0.2) is 24.3 Å². The van der Waals surface area contributed by atoms with Gasteiger partial charge in [0.1, 0.15) is 5.82 Å². The molecule has 0 atom stereocenters. The molecule has 1 rings (SSSR count). The molecule has 0 aliphatic heterocycles. The summed E-state index contributed by atoms with van der Waals surface area (Å²) in [5.41, 5.74) is 0.713. The van der Waals surface area contributed by atoms with E-state index >= 15 is 0 Å². The first-order valence-corrected chi connectivity index (χ1v) is 3.72. The average molecular weight is 163 g/mol. The molecule has 12 heavy (non-hydrogen) atoms. The molecule has 1 aromatic carbocycles. The van der Waals surface area contributed by atoms with Crippen LogP contribution in [0, 0.1) is 17.7 Å². The minimum Gasteiger partial charge on any atom is -0.309 e. The van der Waals surface area contributed by atoms with E-state index in [0.717, 1.165) is 0 Å². The number of benzene rings is 1. The summed E-state index contributed by atoms with van der Waals surface area (Å²) in [6.07, 6.45) is 0. The Morgan fingerprint density at radius 1 is 1.50 bits per heavy atom. The zero-order valence-corrected chi connectivity index (χ0v) is 6.89. The summed E-state index contributed by atoms with van der Waals surface area (Å²) in [6.45, 7) is 0.622. The van der Waals surface area contributed by atoms with Crippen molar-refractivity contribution in [2.24, 2.45) is 0 Å². The van der Waals surface area contributed by atoms with Crippen LogP contribution in [0.1, 0.15) is 5.56 Å². The van der Waals surface area contributed by atoms with Crippen molar-refractivity contribution in [1.82, 2.24) is 5.32 Å². The Balaban J connectivity index is 2.71. The van der Waals surface area contributed by atoms with Crippen LogP contribution in [0.3, 0.4) is 0 Å². The topological polar surface area (TPSA) is 12.0 Å². The highest BCUT2D eigenvalue weighted by Gasteiger charge is 1.88. The third-order valence-electron chi connectivity index (χ3n) is 1.32. The lowest BCUT2D eigenvalue weighted by molar-refractivity contribution is 0.627. The fourth-order valence-electron chi connectivity index (χ4n) is 0.801. The first-order valence-electron chi connectivity index (χ1n) is 3.72. The predicted molar refractivity (Wildman–Crippen MR) is 47.2 cm³/mol. The molecule has 0 bridgehead atoms. The Bertz CT molecular complexity index is 309. The van der Waals surface area contributed by atoms with Gasteiger partial charge in [-0.15, -0.1) is 0 Å². The van der Waals surface area contributed by atoms with Gasteiger partial charge in [-0.05, 0) is 25.2 Å². The second-order valence-corrected chi connectivity index (χ2v) is 2.34. The Morgan fingerprint density at radius 3 is 3.00 bits per heavy atom. The molecular weight excluding hydrogens is 153 g/mol. The zero-order valence-electron chi connectivity index (χ0n) is 6.89. The van der Waals surface area contributed by atoms with E-state index in [-0.39, 0.29) is 5.82 Å². The number of hydrogen-bond acceptors (Lipinski definition) is 1. The summed E-state index contributed by atoms with van der Waals surface area (Å²) in [7, 11) is 1.82. The van der Waals surface area contributed by atoms with Crippen molar-refractivity contribution in [2.45, 2.75) is 0 Å². The molecule has 0 saturated heterocycles. The van der Waals surface area contributed by atoms with E-state index < -0.39 is 0 Å². The van der Waals surface area contributed by atoms with Crippen LogP contribution < -0.4 is 5.32 Å². The largest absolute Gasteiger partial charge is 0.309 e. The van der Waals surface area contributed by atoms with E-state index in [2.05, 4.69) is 17.2 Å². The number of halogens is 1. The summed E-state index contributed by atoms with van der Waals surface area (Å²) >= 11 is 0. The SMILES string of the molecule is CNCC#Cc1cccc(F)c1. The number of nitrogens with one attached hydrogen (secondary N) is 1. The molecule has 0 aliphatic carbocycles. The number of hydrogen-bond donors (Lipinski definition) is 1. The van der Waals surface area contributed by atoms with E-state index in [9.17, 15) is 4.39 Å². The normalized spacial score (nSPS) is 8.83. The zero-order chi connectivity index (χ0) is 8.81. The molecule has 0 spiro atoms. The van der Waals surface area contributed by atoms with Gasteiger partial charge in [0.05, 0.1) is 6.54 Å². The van der Waals surface area contributed by atoms with E-state index in [4.69, 9.17) is 0 Å². The quantitative estimate of drug-likeness (QED) is 0.617. The Labute approximate surface area is 71.6 Å². The van der Waals surface area contributed by atoms with Crippen molar-refractivity contribution >= 4 is 0 Å². The first-order chi connectivity index (χ1) is 5.83. The van der Waals surface area contributed by atoms with E-state index in [1.54, 1.807) is 12.1 Å². The third kappa shape index (κ3) is 2.73. The molecule has 62 valence electrons. The van der Waals surface area contributed by atoms with Gasteiger partial charge in [0.25, 0.3) is 0 Å². The summed E-state index contributed by atoms with van der Waals surface area (Å²) in [5.74, 6) is 5.44. The molecule has 1 N–H and O–H groups in total. The lowest BCUT2D eigenvalue weighted by Gasteiger charge is -1.89. The lowest BCUT2D eigenvalue weighted by Crippen LogP contribution is -2.04. The van der Waals surface area contributed by atoms with Gasteiger partial charge < -0.3 is 5.32 Å². The van der Waals surface area contributed by atoms with Crippen molar-refractivity contribution in [1.29, 1.82) is 0 Å². The van der Waals surface area contributed by atoms with Gasteiger partial charge in [0, 0.05) is 5.56 Å². The highest BCUT2D eigenvalue weighted by Crippen LogP contribution is 2.00. The van der Waals surface area contributed by atoms with Gasteiger partial charge in [-0.25, -0.2) is 4.39 Å². The molecule has 0 amide bonds. The second-order valence-electron chi connectivity index (χ2n) is 2.34. The average Bonchev–Trinajstić information content (AvgIpc) is 2.05. The fraction of sp³-hybridized carbons (Fsp3) is 0.200. The van der Waals surface area contributed by atoms with Gasteiger partial charge in [0.2, 0.25) is 0 Å². The minimum absolute atomic E-state index is 0.244. The molecule has 0 saturated carbocycles. The van der Waals surface area contributed by atoms with Gasteiger partial charge in [0.15, 0.2) is 0 Å².